The molecular formula is C27H33NO5. The van der Waals surface area contributed by atoms with Crippen LogP contribution in [0, 0.1) is 5.92 Å². The van der Waals surface area contributed by atoms with E-state index in [0.29, 0.717) is 24.5 Å². The molecule has 0 aromatic heterocycles. The standard InChI is InChI=1S/C27H33NO5/c1-31-22-10-5-4-8-20(22)26-21-9-6-7-15-27(21,30)16-17-28(26)25(29)14-12-19-11-13-23(32-2)24(18-19)33-3/h4-5,8,10-14,18,21,26,30H,6-7,9,15-17H2,1-3H3/b14-12+/t21-,26+,27-/m1/s1. The third-order valence-electron chi connectivity index (χ3n) is 7.13. The van der Waals surface area contributed by atoms with E-state index in [9.17, 15) is 9.90 Å². The minimum absolute atomic E-state index is 0.0188. The van der Waals surface area contributed by atoms with Crippen molar-refractivity contribution in [2.75, 3.05) is 27.9 Å². The average molecular weight is 452 g/mol. The molecule has 1 amide bonds. The van der Waals surface area contributed by atoms with Crippen LogP contribution in [0.3, 0.4) is 0 Å². The van der Waals surface area contributed by atoms with Gasteiger partial charge in [0.1, 0.15) is 5.75 Å². The fourth-order valence-electron chi connectivity index (χ4n) is 5.44. The van der Waals surface area contributed by atoms with Gasteiger partial charge in [-0.1, -0.05) is 37.1 Å². The van der Waals surface area contributed by atoms with Gasteiger partial charge in [-0.2, -0.15) is 0 Å². The fraction of sp³-hybridized carbons (Fsp3) is 0.444. The Balaban J connectivity index is 1.66. The lowest BCUT2D eigenvalue weighted by molar-refractivity contribution is -0.151. The lowest BCUT2D eigenvalue weighted by Crippen LogP contribution is -2.56. The minimum Gasteiger partial charge on any atom is -0.496 e. The summed E-state index contributed by atoms with van der Waals surface area (Å²) >= 11 is 0. The van der Waals surface area contributed by atoms with E-state index >= 15 is 0 Å². The molecular weight excluding hydrogens is 418 g/mol. The van der Waals surface area contributed by atoms with Crippen LogP contribution in [0.1, 0.15) is 49.3 Å². The lowest BCUT2D eigenvalue weighted by Gasteiger charge is -2.52. The largest absolute Gasteiger partial charge is 0.496 e. The Bertz CT molecular complexity index is 1020. The first-order valence-corrected chi connectivity index (χ1v) is 11.6. The van der Waals surface area contributed by atoms with Crippen molar-refractivity contribution in [2.24, 2.45) is 5.92 Å². The second-order valence-corrected chi connectivity index (χ2v) is 8.87. The molecule has 0 radical (unpaired) electrons. The number of rotatable bonds is 6. The highest BCUT2D eigenvalue weighted by Gasteiger charge is 2.50. The molecule has 2 aromatic carbocycles. The molecule has 3 atom stereocenters. The van der Waals surface area contributed by atoms with Crippen molar-refractivity contribution in [1.29, 1.82) is 0 Å². The molecule has 2 fully saturated rings. The number of nitrogens with zero attached hydrogens (tertiary/aromatic N) is 1. The Kier molecular flexibility index (Phi) is 6.94. The molecule has 1 saturated carbocycles. The molecule has 33 heavy (non-hydrogen) atoms. The Morgan fingerprint density at radius 3 is 2.52 bits per heavy atom. The zero-order valence-corrected chi connectivity index (χ0v) is 19.6. The zero-order chi connectivity index (χ0) is 23.4. The van der Waals surface area contributed by atoms with Crippen LogP contribution in [0.15, 0.2) is 48.5 Å². The Morgan fingerprint density at radius 2 is 1.76 bits per heavy atom. The minimum atomic E-state index is -0.742. The van der Waals surface area contributed by atoms with Crippen molar-refractivity contribution in [1.82, 2.24) is 4.90 Å². The van der Waals surface area contributed by atoms with E-state index in [2.05, 4.69) is 0 Å². The number of fused-ring (bicyclic) bond motifs is 1. The van der Waals surface area contributed by atoms with Crippen LogP contribution in [0.2, 0.25) is 0 Å². The van der Waals surface area contributed by atoms with Crippen molar-refractivity contribution < 1.29 is 24.1 Å². The first kappa shape index (κ1) is 23.2. The van der Waals surface area contributed by atoms with Gasteiger partial charge in [0.15, 0.2) is 11.5 Å². The van der Waals surface area contributed by atoms with Gasteiger partial charge in [-0.15, -0.1) is 0 Å². The van der Waals surface area contributed by atoms with E-state index in [1.807, 2.05) is 47.4 Å². The zero-order valence-electron chi connectivity index (χ0n) is 19.6. The van der Waals surface area contributed by atoms with Gasteiger partial charge in [0, 0.05) is 24.1 Å². The molecule has 6 nitrogen and oxygen atoms in total. The molecule has 0 unspecified atom stereocenters. The Morgan fingerprint density at radius 1 is 1.00 bits per heavy atom. The number of aliphatic hydroxyl groups is 1. The molecule has 4 rings (SSSR count). The van der Waals surface area contributed by atoms with Crippen molar-refractivity contribution in [2.45, 2.75) is 43.7 Å². The number of methoxy groups -OCH3 is 3. The van der Waals surface area contributed by atoms with Crippen LogP contribution in [-0.4, -0.2) is 49.4 Å². The first-order chi connectivity index (χ1) is 16.0. The van der Waals surface area contributed by atoms with E-state index in [1.165, 1.54) is 0 Å². The summed E-state index contributed by atoms with van der Waals surface area (Å²) in [7, 11) is 4.84. The van der Waals surface area contributed by atoms with Crippen LogP contribution in [0.25, 0.3) is 6.08 Å². The molecule has 1 saturated heterocycles. The predicted octanol–water partition coefficient (Wildman–Crippen LogP) is 4.62. The SMILES string of the molecule is COc1ccc(/C=C/C(=O)N2CC[C@]3(O)CCCC[C@@H]3[C@@H]2c2ccccc2OC)cc1OC. The fourth-order valence-corrected chi connectivity index (χ4v) is 5.44. The highest BCUT2D eigenvalue weighted by molar-refractivity contribution is 5.92. The second kappa shape index (κ2) is 9.87. The maximum absolute atomic E-state index is 13.5. The van der Waals surface area contributed by atoms with E-state index in [0.717, 1.165) is 42.6 Å². The summed E-state index contributed by atoms with van der Waals surface area (Å²) in [6.45, 7) is 0.505. The molecule has 2 aromatic rings. The molecule has 1 aliphatic carbocycles. The van der Waals surface area contributed by atoms with Crippen molar-refractivity contribution >= 4 is 12.0 Å². The number of likely N-dealkylation sites (tertiary alicyclic amines) is 1. The molecule has 2 aliphatic rings. The van der Waals surface area contributed by atoms with Gasteiger partial charge in [0.2, 0.25) is 5.91 Å². The third kappa shape index (κ3) is 4.58. The number of ether oxygens (including phenoxy) is 3. The maximum Gasteiger partial charge on any atom is 0.247 e. The molecule has 1 N–H and O–H groups in total. The summed E-state index contributed by atoms with van der Waals surface area (Å²) in [5, 5.41) is 11.5. The van der Waals surface area contributed by atoms with Gasteiger partial charge in [0.25, 0.3) is 0 Å². The van der Waals surface area contributed by atoms with Gasteiger partial charge < -0.3 is 24.2 Å². The number of amides is 1. The van der Waals surface area contributed by atoms with E-state index in [1.54, 1.807) is 33.5 Å². The number of hydrogen-bond acceptors (Lipinski definition) is 5. The summed E-state index contributed by atoms with van der Waals surface area (Å²) < 4.78 is 16.3. The van der Waals surface area contributed by atoms with Gasteiger partial charge in [-0.3, -0.25) is 4.79 Å². The molecule has 1 aliphatic heterocycles. The maximum atomic E-state index is 13.5. The van der Waals surface area contributed by atoms with Crippen LogP contribution < -0.4 is 14.2 Å². The summed E-state index contributed by atoms with van der Waals surface area (Å²) in [5.41, 5.74) is 1.06. The molecule has 0 spiro atoms. The summed E-state index contributed by atoms with van der Waals surface area (Å²) in [4.78, 5) is 15.4. The highest BCUT2D eigenvalue weighted by atomic mass is 16.5. The topological polar surface area (TPSA) is 68.2 Å². The summed E-state index contributed by atoms with van der Waals surface area (Å²) in [5.74, 6) is 1.91. The van der Waals surface area contributed by atoms with Gasteiger partial charge in [0.05, 0.1) is 33.0 Å². The first-order valence-electron chi connectivity index (χ1n) is 11.6. The smallest absolute Gasteiger partial charge is 0.247 e. The number of carbonyl (C=O) groups excluding carboxylic acids is 1. The van der Waals surface area contributed by atoms with Gasteiger partial charge in [-0.25, -0.2) is 0 Å². The van der Waals surface area contributed by atoms with Crippen molar-refractivity contribution in [3.05, 3.63) is 59.7 Å². The number of para-hydroxylation sites is 1. The number of hydrogen-bond donors (Lipinski definition) is 1. The van der Waals surface area contributed by atoms with E-state index in [-0.39, 0.29) is 17.9 Å². The number of benzene rings is 2. The van der Waals surface area contributed by atoms with Gasteiger partial charge >= 0.3 is 0 Å². The van der Waals surface area contributed by atoms with Crippen LogP contribution in [0.5, 0.6) is 17.2 Å². The normalized spacial score (nSPS) is 24.9. The summed E-state index contributed by atoms with van der Waals surface area (Å²) in [6.07, 6.45) is 7.76. The molecule has 6 heteroatoms. The number of carbonyl (C=O) groups is 1. The van der Waals surface area contributed by atoms with Crippen LogP contribution in [0.4, 0.5) is 0 Å². The molecule has 1 heterocycles. The predicted molar refractivity (Wildman–Crippen MR) is 128 cm³/mol. The van der Waals surface area contributed by atoms with E-state index in [4.69, 9.17) is 14.2 Å². The van der Waals surface area contributed by atoms with E-state index < -0.39 is 5.60 Å². The number of piperidine rings is 1. The highest BCUT2D eigenvalue weighted by Crippen LogP contribution is 2.50. The van der Waals surface area contributed by atoms with Gasteiger partial charge in [-0.05, 0) is 49.1 Å². The monoisotopic (exact) mass is 451 g/mol. The van der Waals surface area contributed by atoms with Crippen LogP contribution >= 0.6 is 0 Å². The average Bonchev–Trinajstić information content (AvgIpc) is 2.86. The quantitative estimate of drug-likeness (QED) is 0.649. The molecule has 176 valence electrons. The second-order valence-electron chi connectivity index (χ2n) is 8.87. The Labute approximate surface area is 195 Å². The third-order valence-corrected chi connectivity index (χ3v) is 7.13. The lowest BCUT2D eigenvalue weighted by atomic mass is 9.66. The van der Waals surface area contributed by atoms with Crippen LogP contribution in [-0.2, 0) is 4.79 Å². The molecule has 0 bridgehead atoms. The van der Waals surface area contributed by atoms with Crippen molar-refractivity contribution in [3.63, 3.8) is 0 Å². The summed E-state index contributed by atoms with van der Waals surface area (Å²) in [6, 6.07) is 13.2. The van der Waals surface area contributed by atoms with Crippen molar-refractivity contribution in [3.8, 4) is 17.2 Å². The Hall–Kier alpha value is -2.99.